The quantitative estimate of drug-likeness (QED) is 0.652. The molecule has 0 aliphatic rings. The first-order valence-corrected chi connectivity index (χ1v) is 4.14. The minimum atomic E-state index is 0.688. The zero-order chi connectivity index (χ0) is 9.56. The molecule has 2 N–H and O–H groups in total. The van der Waals surface area contributed by atoms with E-state index in [2.05, 4.69) is 0 Å². The van der Waals surface area contributed by atoms with Crippen molar-refractivity contribution in [2.24, 2.45) is 0 Å². The molecule has 0 aliphatic carbocycles. The maximum Gasteiger partial charge on any atom is 0.142 e. The third kappa shape index (κ3) is 2.82. The fourth-order valence-electron chi connectivity index (χ4n) is 0.818. The molecule has 0 saturated carbocycles. The summed E-state index contributed by atoms with van der Waals surface area (Å²) < 4.78 is 5.00. The number of hydrogen-bond donors (Lipinski definition) is 1. The molecule has 0 bridgehead atoms. The Balaban J connectivity index is 0.000000561. The molecule has 0 aromatic heterocycles. The number of anilines is 1. The van der Waals surface area contributed by atoms with Gasteiger partial charge in [-0.3, -0.25) is 0 Å². The highest BCUT2D eigenvalue weighted by Crippen LogP contribution is 2.21. The van der Waals surface area contributed by atoms with Crippen LogP contribution in [-0.2, 0) is 0 Å². The van der Waals surface area contributed by atoms with E-state index in [-0.39, 0.29) is 0 Å². The smallest absolute Gasteiger partial charge is 0.142 e. The van der Waals surface area contributed by atoms with Crippen LogP contribution in [0.4, 0.5) is 5.69 Å². The molecule has 0 unspecified atom stereocenters. The van der Waals surface area contributed by atoms with Crippen LogP contribution in [0, 0.1) is 6.92 Å². The van der Waals surface area contributed by atoms with Crippen molar-refractivity contribution in [1.82, 2.24) is 0 Å². The lowest BCUT2D eigenvalue weighted by Gasteiger charge is -2.03. The van der Waals surface area contributed by atoms with Crippen LogP contribution >= 0.6 is 0 Å². The van der Waals surface area contributed by atoms with Crippen LogP contribution in [0.1, 0.15) is 19.4 Å². The molecule has 0 atom stereocenters. The fourth-order valence-corrected chi connectivity index (χ4v) is 0.818. The van der Waals surface area contributed by atoms with Gasteiger partial charge in [0.2, 0.25) is 0 Å². The Kier molecular flexibility index (Phi) is 4.93. The van der Waals surface area contributed by atoms with Gasteiger partial charge < -0.3 is 10.5 Å². The van der Waals surface area contributed by atoms with Crippen molar-refractivity contribution >= 4 is 5.69 Å². The second-order valence-corrected chi connectivity index (χ2v) is 2.25. The minimum Gasteiger partial charge on any atom is -0.495 e. The molecule has 0 radical (unpaired) electrons. The van der Waals surface area contributed by atoms with E-state index < -0.39 is 0 Å². The zero-order valence-corrected chi connectivity index (χ0v) is 8.22. The van der Waals surface area contributed by atoms with E-state index in [1.807, 2.05) is 39.0 Å². The molecule has 0 saturated heterocycles. The maximum absolute atomic E-state index is 5.57. The van der Waals surface area contributed by atoms with E-state index in [9.17, 15) is 0 Å². The fraction of sp³-hybridized carbons (Fsp3) is 0.400. The number of hydrogen-bond acceptors (Lipinski definition) is 2. The second-order valence-electron chi connectivity index (χ2n) is 2.25. The molecule has 1 rings (SSSR count). The molecule has 68 valence electrons. The highest BCUT2D eigenvalue weighted by atomic mass is 16.5. The van der Waals surface area contributed by atoms with Gasteiger partial charge in [-0.05, 0) is 24.6 Å². The van der Waals surface area contributed by atoms with Crippen LogP contribution in [0.3, 0.4) is 0 Å². The van der Waals surface area contributed by atoms with Gasteiger partial charge >= 0.3 is 0 Å². The zero-order valence-electron chi connectivity index (χ0n) is 8.22. The molecule has 0 amide bonds. The number of nitrogens with two attached hydrogens (primary N) is 1. The Hall–Kier alpha value is -1.18. The summed E-state index contributed by atoms with van der Waals surface area (Å²) in [5, 5.41) is 0. The third-order valence-corrected chi connectivity index (χ3v) is 1.39. The maximum atomic E-state index is 5.57. The predicted molar refractivity (Wildman–Crippen MR) is 53.5 cm³/mol. The average Bonchev–Trinajstić information content (AvgIpc) is 2.13. The first-order chi connectivity index (χ1) is 5.74. The van der Waals surface area contributed by atoms with Crippen molar-refractivity contribution < 1.29 is 4.74 Å². The van der Waals surface area contributed by atoms with Crippen LogP contribution in [0.15, 0.2) is 18.2 Å². The van der Waals surface area contributed by atoms with E-state index in [4.69, 9.17) is 10.5 Å². The summed E-state index contributed by atoms with van der Waals surface area (Å²) in [5.74, 6) is 0.750. The molecule has 0 aliphatic heterocycles. The van der Waals surface area contributed by atoms with Crippen LogP contribution in [0.2, 0.25) is 0 Å². The number of aryl methyl sites for hydroxylation is 1. The molecule has 0 fully saturated rings. The first kappa shape index (κ1) is 10.8. The molecule has 1 aromatic rings. The number of ether oxygens (including phenoxy) is 1. The summed E-state index contributed by atoms with van der Waals surface area (Å²) >= 11 is 0. The van der Waals surface area contributed by atoms with E-state index in [0.717, 1.165) is 11.3 Å². The van der Waals surface area contributed by atoms with Gasteiger partial charge in [0.05, 0.1) is 12.8 Å². The summed E-state index contributed by atoms with van der Waals surface area (Å²) in [6, 6.07) is 5.71. The average molecular weight is 167 g/mol. The Bertz CT molecular complexity index is 233. The van der Waals surface area contributed by atoms with E-state index in [0.29, 0.717) is 5.69 Å². The number of benzene rings is 1. The number of methoxy groups -OCH3 is 1. The third-order valence-electron chi connectivity index (χ3n) is 1.39. The van der Waals surface area contributed by atoms with Crippen molar-refractivity contribution in [3.05, 3.63) is 23.8 Å². The van der Waals surface area contributed by atoms with Crippen molar-refractivity contribution in [1.29, 1.82) is 0 Å². The Morgan fingerprint density at radius 3 is 2.25 bits per heavy atom. The predicted octanol–water partition coefficient (Wildman–Crippen LogP) is 2.61. The molecule has 12 heavy (non-hydrogen) atoms. The normalized spacial score (nSPS) is 8.33. The highest BCUT2D eigenvalue weighted by molar-refractivity contribution is 5.53. The summed E-state index contributed by atoms with van der Waals surface area (Å²) in [7, 11) is 1.62. The van der Waals surface area contributed by atoms with Crippen molar-refractivity contribution in [3.63, 3.8) is 0 Å². The van der Waals surface area contributed by atoms with Crippen molar-refractivity contribution in [2.75, 3.05) is 12.8 Å². The second kappa shape index (κ2) is 5.47. The Labute approximate surface area is 74.4 Å². The minimum absolute atomic E-state index is 0.688. The van der Waals surface area contributed by atoms with Gasteiger partial charge in [0.1, 0.15) is 5.75 Å². The molecule has 2 nitrogen and oxygen atoms in total. The van der Waals surface area contributed by atoms with Crippen LogP contribution in [0.25, 0.3) is 0 Å². The van der Waals surface area contributed by atoms with E-state index in [1.54, 1.807) is 7.11 Å². The Morgan fingerprint density at radius 2 is 1.83 bits per heavy atom. The Morgan fingerprint density at radius 1 is 1.25 bits per heavy atom. The molecular weight excluding hydrogens is 150 g/mol. The largest absolute Gasteiger partial charge is 0.495 e. The molecule has 0 spiro atoms. The van der Waals surface area contributed by atoms with Gasteiger partial charge in [0, 0.05) is 0 Å². The van der Waals surface area contributed by atoms with Gasteiger partial charge in [0.25, 0.3) is 0 Å². The van der Waals surface area contributed by atoms with E-state index >= 15 is 0 Å². The molecule has 0 heterocycles. The topological polar surface area (TPSA) is 35.2 Å². The van der Waals surface area contributed by atoms with Gasteiger partial charge in [-0.25, -0.2) is 0 Å². The van der Waals surface area contributed by atoms with Gasteiger partial charge in [-0.2, -0.15) is 0 Å². The van der Waals surface area contributed by atoms with E-state index in [1.165, 1.54) is 0 Å². The first-order valence-electron chi connectivity index (χ1n) is 4.14. The molecule has 2 heteroatoms. The summed E-state index contributed by atoms with van der Waals surface area (Å²) in [6.07, 6.45) is 0. The monoisotopic (exact) mass is 167 g/mol. The van der Waals surface area contributed by atoms with Crippen LogP contribution in [0.5, 0.6) is 5.75 Å². The number of nitrogen functional groups attached to an aromatic ring is 1. The highest BCUT2D eigenvalue weighted by Gasteiger charge is 1.95. The lowest BCUT2D eigenvalue weighted by molar-refractivity contribution is 0.416. The summed E-state index contributed by atoms with van der Waals surface area (Å²) in [5.41, 5.74) is 7.42. The lowest BCUT2D eigenvalue weighted by Crippen LogP contribution is -1.91. The van der Waals surface area contributed by atoms with Gasteiger partial charge in [0.15, 0.2) is 0 Å². The van der Waals surface area contributed by atoms with Crippen LogP contribution in [-0.4, -0.2) is 7.11 Å². The van der Waals surface area contributed by atoms with Gasteiger partial charge in [-0.15, -0.1) is 0 Å². The van der Waals surface area contributed by atoms with Crippen molar-refractivity contribution in [3.8, 4) is 5.75 Å². The summed E-state index contributed by atoms with van der Waals surface area (Å²) in [4.78, 5) is 0. The SMILES string of the molecule is CC.COc1cc(C)ccc1N. The van der Waals surface area contributed by atoms with Gasteiger partial charge in [-0.1, -0.05) is 19.9 Å². The molecular formula is C10H17NO. The molecule has 1 aromatic carbocycles. The summed E-state index contributed by atoms with van der Waals surface area (Å²) in [6.45, 7) is 6.00. The lowest BCUT2D eigenvalue weighted by atomic mass is 10.2. The standard InChI is InChI=1S/C8H11NO.C2H6/c1-6-3-4-7(9)8(5-6)10-2;1-2/h3-5H,9H2,1-2H3;1-2H3. The van der Waals surface area contributed by atoms with Crippen LogP contribution < -0.4 is 10.5 Å². The van der Waals surface area contributed by atoms with Crippen molar-refractivity contribution in [2.45, 2.75) is 20.8 Å². The number of rotatable bonds is 1.